The molecule has 114 valence electrons. The van der Waals surface area contributed by atoms with Gasteiger partial charge in [0, 0.05) is 12.8 Å². The Balaban J connectivity index is 2.02. The van der Waals surface area contributed by atoms with Crippen LogP contribution in [0.15, 0.2) is 18.2 Å². The number of aliphatic hydroxyl groups is 1. The Hall–Kier alpha value is -1.39. The van der Waals surface area contributed by atoms with E-state index in [1.165, 1.54) is 6.21 Å². The molecule has 3 N–H and O–H groups in total. The fraction of sp³-hybridized carbons (Fsp3) is 0.500. The largest absolute Gasteiger partial charge is 0.388 e. The Bertz CT molecular complexity index is 523. The van der Waals surface area contributed by atoms with Gasteiger partial charge in [0.05, 0.1) is 16.2 Å². The lowest BCUT2D eigenvalue weighted by Gasteiger charge is -2.26. The van der Waals surface area contributed by atoms with Crippen LogP contribution in [-0.2, 0) is 0 Å². The van der Waals surface area contributed by atoms with E-state index < -0.39 is 5.60 Å². The highest BCUT2D eigenvalue weighted by Gasteiger charge is 2.28. The van der Waals surface area contributed by atoms with E-state index in [1.54, 1.807) is 18.2 Å². The Morgan fingerprint density at radius 2 is 2.00 bits per heavy atom. The maximum Gasteiger partial charge on any atom is 0.252 e. The summed E-state index contributed by atoms with van der Waals surface area (Å²) in [6.45, 7) is 0.247. The van der Waals surface area contributed by atoms with Crippen molar-refractivity contribution >= 4 is 23.7 Å². The van der Waals surface area contributed by atoms with Gasteiger partial charge in [0.2, 0.25) is 0 Å². The summed E-state index contributed by atoms with van der Waals surface area (Å²) in [7, 11) is 0. The second kappa shape index (κ2) is 7.05. The van der Waals surface area contributed by atoms with Crippen LogP contribution in [-0.4, -0.2) is 29.4 Å². The molecule has 0 spiro atoms. The second-order valence-electron chi connectivity index (χ2n) is 5.70. The monoisotopic (exact) mass is 308 g/mol. The third-order valence-electron chi connectivity index (χ3n) is 4.01. The van der Waals surface area contributed by atoms with Gasteiger partial charge in [-0.05, 0) is 30.5 Å². The van der Waals surface area contributed by atoms with Crippen molar-refractivity contribution in [2.45, 2.75) is 44.1 Å². The summed E-state index contributed by atoms with van der Waals surface area (Å²) in [5.74, 6) is -0.304. The minimum Gasteiger partial charge on any atom is -0.388 e. The van der Waals surface area contributed by atoms with Gasteiger partial charge >= 0.3 is 0 Å². The van der Waals surface area contributed by atoms with Crippen LogP contribution in [0.4, 0.5) is 0 Å². The molecule has 2 rings (SSSR count). The van der Waals surface area contributed by atoms with Crippen molar-refractivity contribution in [2.75, 3.05) is 6.54 Å². The smallest absolute Gasteiger partial charge is 0.252 e. The molecule has 1 fully saturated rings. The summed E-state index contributed by atoms with van der Waals surface area (Å²) in [4.78, 5) is 12.2. The Morgan fingerprint density at radius 3 is 2.62 bits per heavy atom. The van der Waals surface area contributed by atoms with Crippen LogP contribution < -0.4 is 5.32 Å². The maximum atomic E-state index is 12.2. The van der Waals surface area contributed by atoms with Gasteiger partial charge in [0.15, 0.2) is 0 Å². The van der Waals surface area contributed by atoms with E-state index in [9.17, 15) is 9.90 Å². The third-order valence-corrected chi connectivity index (χ3v) is 4.34. The SMILES string of the molecule is N=Cc1ccc(Cl)c(C(=O)NCC2(O)CCCCCC2)c1. The molecule has 1 saturated carbocycles. The van der Waals surface area contributed by atoms with E-state index in [0.717, 1.165) is 38.5 Å². The number of rotatable bonds is 4. The van der Waals surface area contributed by atoms with Gasteiger partial charge in [-0.15, -0.1) is 0 Å². The zero-order chi connectivity index (χ0) is 15.3. The topological polar surface area (TPSA) is 73.2 Å². The zero-order valence-electron chi connectivity index (χ0n) is 12.0. The number of carbonyl (C=O) groups excluding carboxylic acids is 1. The first-order chi connectivity index (χ1) is 10.0. The van der Waals surface area contributed by atoms with Crippen LogP contribution in [0.2, 0.25) is 5.02 Å². The number of hydrogen-bond donors (Lipinski definition) is 3. The molecule has 0 bridgehead atoms. The Kier molecular flexibility index (Phi) is 5.37. The molecule has 0 aliphatic heterocycles. The van der Waals surface area contributed by atoms with Gasteiger partial charge in [-0.2, -0.15) is 0 Å². The molecule has 1 aliphatic rings. The molecule has 0 atom stereocenters. The van der Waals surface area contributed by atoms with E-state index in [-0.39, 0.29) is 12.5 Å². The first-order valence-corrected chi connectivity index (χ1v) is 7.72. The van der Waals surface area contributed by atoms with Crippen molar-refractivity contribution in [3.63, 3.8) is 0 Å². The molecular formula is C16H21ClN2O2. The summed E-state index contributed by atoms with van der Waals surface area (Å²) in [5, 5.41) is 20.9. The molecule has 0 unspecified atom stereocenters. The van der Waals surface area contributed by atoms with Crippen molar-refractivity contribution in [1.82, 2.24) is 5.32 Å². The highest BCUT2D eigenvalue weighted by Crippen LogP contribution is 2.26. The molecule has 1 aromatic rings. The van der Waals surface area contributed by atoms with Crippen molar-refractivity contribution in [3.05, 3.63) is 34.3 Å². The van der Waals surface area contributed by atoms with Crippen molar-refractivity contribution in [2.24, 2.45) is 0 Å². The summed E-state index contributed by atoms with van der Waals surface area (Å²) in [6, 6.07) is 4.88. The lowest BCUT2D eigenvalue weighted by molar-refractivity contribution is 0.0246. The first-order valence-electron chi connectivity index (χ1n) is 7.35. The maximum absolute atomic E-state index is 12.2. The number of hydrogen-bond acceptors (Lipinski definition) is 3. The molecule has 1 amide bonds. The van der Waals surface area contributed by atoms with Crippen molar-refractivity contribution in [1.29, 1.82) is 5.41 Å². The van der Waals surface area contributed by atoms with Crippen LogP contribution in [0.1, 0.15) is 54.4 Å². The average molecular weight is 309 g/mol. The molecule has 0 saturated heterocycles. The number of amides is 1. The number of benzene rings is 1. The van der Waals surface area contributed by atoms with E-state index >= 15 is 0 Å². The van der Waals surface area contributed by atoms with E-state index in [1.807, 2.05) is 0 Å². The van der Waals surface area contributed by atoms with E-state index in [0.29, 0.717) is 16.1 Å². The molecule has 1 aromatic carbocycles. The highest BCUT2D eigenvalue weighted by molar-refractivity contribution is 6.34. The van der Waals surface area contributed by atoms with Gasteiger partial charge in [0.25, 0.3) is 5.91 Å². The van der Waals surface area contributed by atoms with Gasteiger partial charge in [-0.25, -0.2) is 0 Å². The normalized spacial score (nSPS) is 17.8. The van der Waals surface area contributed by atoms with Crippen LogP contribution in [0.25, 0.3) is 0 Å². The zero-order valence-corrected chi connectivity index (χ0v) is 12.7. The molecule has 0 heterocycles. The summed E-state index contributed by atoms with van der Waals surface area (Å²) in [5.41, 5.74) is 0.158. The van der Waals surface area contributed by atoms with Gasteiger partial charge in [0.1, 0.15) is 0 Å². The number of carbonyl (C=O) groups is 1. The molecule has 0 radical (unpaired) electrons. The summed E-state index contributed by atoms with van der Waals surface area (Å²) in [6.07, 6.45) is 6.90. The average Bonchev–Trinajstić information content (AvgIpc) is 2.71. The molecule has 5 heteroatoms. The predicted octanol–water partition coefficient (Wildman–Crippen LogP) is 3.15. The Morgan fingerprint density at radius 1 is 1.33 bits per heavy atom. The van der Waals surface area contributed by atoms with Crippen LogP contribution in [0.5, 0.6) is 0 Å². The van der Waals surface area contributed by atoms with Gasteiger partial charge in [-0.3, -0.25) is 4.79 Å². The summed E-state index contributed by atoms with van der Waals surface area (Å²) >= 11 is 6.03. The minimum absolute atomic E-state index is 0.247. The van der Waals surface area contributed by atoms with E-state index in [4.69, 9.17) is 17.0 Å². The van der Waals surface area contributed by atoms with Crippen LogP contribution in [0.3, 0.4) is 0 Å². The van der Waals surface area contributed by atoms with Gasteiger partial charge < -0.3 is 15.8 Å². The number of halogens is 1. The molecule has 0 aromatic heterocycles. The van der Waals surface area contributed by atoms with Gasteiger partial charge in [-0.1, -0.05) is 43.4 Å². The van der Waals surface area contributed by atoms with Crippen LogP contribution >= 0.6 is 11.6 Å². The second-order valence-corrected chi connectivity index (χ2v) is 6.11. The van der Waals surface area contributed by atoms with Crippen LogP contribution in [0, 0.1) is 5.41 Å². The molecular weight excluding hydrogens is 288 g/mol. The highest BCUT2D eigenvalue weighted by atomic mass is 35.5. The fourth-order valence-corrected chi connectivity index (χ4v) is 2.91. The standard InChI is InChI=1S/C16H21ClN2O2/c17-14-6-5-12(10-18)9-13(14)15(20)19-11-16(21)7-3-1-2-4-8-16/h5-6,9-10,18,21H,1-4,7-8,11H2,(H,19,20). The van der Waals surface area contributed by atoms with E-state index in [2.05, 4.69) is 5.32 Å². The predicted molar refractivity (Wildman–Crippen MR) is 84.3 cm³/mol. The first kappa shape index (κ1) is 16.0. The number of nitrogens with one attached hydrogen (secondary N) is 2. The Labute approximate surface area is 130 Å². The molecule has 4 nitrogen and oxygen atoms in total. The molecule has 1 aliphatic carbocycles. The van der Waals surface area contributed by atoms with Crippen molar-refractivity contribution in [3.8, 4) is 0 Å². The fourth-order valence-electron chi connectivity index (χ4n) is 2.71. The minimum atomic E-state index is -0.808. The van der Waals surface area contributed by atoms with Crippen molar-refractivity contribution < 1.29 is 9.90 Å². The lowest BCUT2D eigenvalue weighted by Crippen LogP contribution is -2.42. The summed E-state index contributed by atoms with van der Waals surface area (Å²) < 4.78 is 0. The third kappa shape index (κ3) is 4.29. The lowest BCUT2D eigenvalue weighted by atomic mass is 9.94. The molecule has 21 heavy (non-hydrogen) atoms. The quantitative estimate of drug-likeness (QED) is 0.590.